The van der Waals surface area contributed by atoms with E-state index in [9.17, 15) is 4.79 Å². The highest BCUT2D eigenvalue weighted by Crippen LogP contribution is 2.27. The van der Waals surface area contributed by atoms with Crippen molar-refractivity contribution >= 4 is 22.8 Å². The summed E-state index contributed by atoms with van der Waals surface area (Å²) in [6.07, 6.45) is 1.60. The fraction of sp³-hybridized carbons (Fsp3) is 0.368. The number of aromatic nitrogens is 4. The van der Waals surface area contributed by atoms with Gasteiger partial charge in [0.2, 0.25) is 11.9 Å². The third-order valence-electron chi connectivity index (χ3n) is 4.13. The van der Waals surface area contributed by atoms with Gasteiger partial charge in [-0.15, -0.1) is 0 Å². The molecular weight excluding hydrogens is 330 g/mol. The molecule has 136 valence electrons. The zero-order chi connectivity index (χ0) is 18.7. The van der Waals surface area contributed by atoms with Crippen LogP contribution in [0.25, 0.3) is 10.9 Å². The molecule has 0 bridgehead atoms. The Bertz CT molecular complexity index is 997. The van der Waals surface area contributed by atoms with Gasteiger partial charge < -0.3 is 4.74 Å². The fourth-order valence-electron chi connectivity index (χ4n) is 2.93. The molecular formula is C19H23N5O2. The first kappa shape index (κ1) is 17.8. The molecule has 0 fully saturated rings. The van der Waals surface area contributed by atoms with E-state index in [4.69, 9.17) is 4.74 Å². The fourth-order valence-corrected chi connectivity index (χ4v) is 2.93. The summed E-state index contributed by atoms with van der Waals surface area (Å²) in [7, 11) is 0. The molecule has 0 amide bonds. The summed E-state index contributed by atoms with van der Waals surface area (Å²) < 4.78 is 5.67. The molecule has 3 aromatic rings. The highest BCUT2D eigenvalue weighted by molar-refractivity contribution is 5.87. The van der Waals surface area contributed by atoms with E-state index in [0.717, 1.165) is 23.0 Å². The van der Waals surface area contributed by atoms with Crippen LogP contribution in [0.2, 0.25) is 0 Å². The minimum atomic E-state index is -0.130. The van der Waals surface area contributed by atoms with Gasteiger partial charge in [-0.05, 0) is 33.3 Å². The zero-order valence-electron chi connectivity index (χ0n) is 15.5. The number of para-hydroxylation sites is 1. The first-order valence-electron chi connectivity index (χ1n) is 8.80. The lowest BCUT2D eigenvalue weighted by Gasteiger charge is -2.11. The van der Waals surface area contributed by atoms with Crippen molar-refractivity contribution in [3.05, 3.63) is 45.5 Å². The Morgan fingerprint density at radius 3 is 2.62 bits per heavy atom. The van der Waals surface area contributed by atoms with Gasteiger partial charge in [-0.2, -0.15) is 0 Å². The van der Waals surface area contributed by atoms with E-state index in [-0.39, 0.29) is 5.56 Å². The van der Waals surface area contributed by atoms with Crippen molar-refractivity contribution in [2.45, 2.75) is 40.5 Å². The van der Waals surface area contributed by atoms with Crippen LogP contribution in [-0.4, -0.2) is 26.5 Å². The van der Waals surface area contributed by atoms with Crippen LogP contribution < -0.4 is 15.6 Å². The van der Waals surface area contributed by atoms with Crippen molar-refractivity contribution in [3.8, 4) is 5.75 Å². The van der Waals surface area contributed by atoms with E-state index in [0.29, 0.717) is 41.9 Å². The van der Waals surface area contributed by atoms with Crippen molar-refractivity contribution in [2.24, 2.45) is 0 Å². The average molecular weight is 353 g/mol. The van der Waals surface area contributed by atoms with Gasteiger partial charge in [-0.1, -0.05) is 25.5 Å². The first-order chi connectivity index (χ1) is 12.5. The Morgan fingerprint density at radius 2 is 1.92 bits per heavy atom. The first-order valence-corrected chi connectivity index (χ1v) is 8.80. The van der Waals surface area contributed by atoms with E-state index in [1.165, 1.54) is 0 Å². The Kier molecular flexibility index (Phi) is 5.16. The van der Waals surface area contributed by atoms with Gasteiger partial charge in [0.1, 0.15) is 11.3 Å². The molecule has 2 heterocycles. The second-order valence-corrected chi connectivity index (χ2v) is 6.07. The second kappa shape index (κ2) is 7.51. The molecule has 3 rings (SSSR count). The monoisotopic (exact) mass is 353 g/mol. The van der Waals surface area contributed by atoms with Crippen molar-refractivity contribution in [3.63, 3.8) is 0 Å². The molecule has 0 aliphatic rings. The smallest absolute Gasteiger partial charge is 0.255 e. The van der Waals surface area contributed by atoms with E-state index in [1.54, 1.807) is 0 Å². The summed E-state index contributed by atoms with van der Waals surface area (Å²) in [4.78, 5) is 28.5. The molecule has 2 aromatic heterocycles. The van der Waals surface area contributed by atoms with E-state index in [1.807, 2.05) is 45.9 Å². The van der Waals surface area contributed by atoms with Crippen LogP contribution in [-0.2, 0) is 6.42 Å². The summed E-state index contributed by atoms with van der Waals surface area (Å²) in [6.45, 7) is 8.27. The van der Waals surface area contributed by atoms with Crippen LogP contribution in [0.4, 0.5) is 11.9 Å². The van der Waals surface area contributed by atoms with Gasteiger partial charge in [0.25, 0.3) is 5.56 Å². The van der Waals surface area contributed by atoms with Crippen LogP contribution in [0.5, 0.6) is 5.75 Å². The number of hydrogen-bond donors (Lipinski definition) is 2. The molecule has 0 atom stereocenters. The summed E-state index contributed by atoms with van der Waals surface area (Å²) in [5.74, 6) is 1.41. The number of nitrogens with one attached hydrogen (secondary N) is 2. The number of rotatable bonds is 6. The van der Waals surface area contributed by atoms with Crippen LogP contribution in [0.1, 0.15) is 37.2 Å². The third kappa shape index (κ3) is 3.51. The molecule has 0 saturated heterocycles. The highest BCUT2D eigenvalue weighted by atomic mass is 16.5. The Hall–Kier alpha value is -2.96. The summed E-state index contributed by atoms with van der Waals surface area (Å²) >= 11 is 0. The van der Waals surface area contributed by atoms with Gasteiger partial charge in [0.05, 0.1) is 12.3 Å². The molecule has 7 heteroatoms. The molecule has 7 nitrogen and oxygen atoms in total. The van der Waals surface area contributed by atoms with Gasteiger partial charge in [0.15, 0.2) is 0 Å². The van der Waals surface area contributed by atoms with Crippen LogP contribution in [0.15, 0.2) is 23.0 Å². The largest absolute Gasteiger partial charge is 0.492 e. The number of benzene rings is 1. The lowest BCUT2D eigenvalue weighted by atomic mass is 10.1. The highest BCUT2D eigenvalue weighted by Gasteiger charge is 2.12. The van der Waals surface area contributed by atoms with Gasteiger partial charge >= 0.3 is 0 Å². The number of H-pyrrole nitrogens is 1. The van der Waals surface area contributed by atoms with Crippen LogP contribution in [0, 0.1) is 13.8 Å². The number of fused-ring (bicyclic) bond motifs is 1. The van der Waals surface area contributed by atoms with Crippen LogP contribution in [0.3, 0.4) is 0 Å². The lowest BCUT2D eigenvalue weighted by Crippen LogP contribution is -2.18. The van der Waals surface area contributed by atoms with Crippen molar-refractivity contribution < 1.29 is 4.74 Å². The van der Waals surface area contributed by atoms with Gasteiger partial charge in [-0.25, -0.2) is 15.0 Å². The molecule has 0 aliphatic carbocycles. The number of aromatic amines is 1. The minimum absolute atomic E-state index is 0.130. The Morgan fingerprint density at radius 1 is 1.12 bits per heavy atom. The molecule has 2 N–H and O–H groups in total. The van der Waals surface area contributed by atoms with Crippen molar-refractivity contribution in [1.82, 2.24) is 19.9 Å². The standard InChI is InChI=1S/C19H23N5O2/c1-5-8-14-12(4)21-19(23-17(14)25)24-18-20-11(3)13-9-7-10-15(26-6-2)16(13)22-18/h7,9-10H,5-6,8H2,1-4H3,(H2,20,21,22,23,24,25). The van der Waals surface area contributed by atoms with Gasteiger partial charge in [0, 0.05) is 16.6 Å². The summed E-state index contributed by atoms with van der Waals surface area (Å²) in [5, 5.41) is 3.94. The van der Waals surface area contributed by atoms with E-state index >= 15 is 0 Å². The van der Waals surface area contributed by atoms with Gasteiger partial charge in [-0.3, -0.25) is 15.1 Å². The molecule has 26 heavy (non-hydrogen) atoms. The maximum Gasteiger partial charge on any atom is 0.255 e. The number of anilines is 2. The molecule has 1 aromatic carbocycles. The topological polar surface area (TPSA) is 92.8 Å². The average Bonchev–Trinajstić information content (AvgIpc) is 2.59. The van der Waals surface area contributed by atoms with E-state index in [2.05, 4.69) is 25.3 Å². The molecule has 0 spiro atoms. The predicted molar refractivity (Wildman–Crippen MR) is 102 cm³/mol. The maximum atomic E-state index is 12.3. The van der Waals surface area contributed by atoms with Crippen molar-refractivity contribution in [1.29, 1.82) is 0 Å². The molecule has 0 radical (unpaired) electrons. The molecule has 0 saturated carbocycles. The number of aryl methyl sites for hydroxylation is 2. The Labute approximate surface area is 151 Å². The third-order valence-corrected chi connectivity index (χ3v) is 4.13. The van der Waals surface area contributed by atoms with Crippen molar-refractivity contribution in [2.75, 3.05) is 11.9 Å². The lowest BCUT2D eigenvalue weighted by molar-refractivity contribution is 0.343. The number of hydrogen-bond acceptors (Lipinski definition) is 6. The normalized spacial score (nSPS) is 10.9. The van der Waals surface area contributed by atoms with E-state index < -0.39 is 0 Å². The summed E-state index contributed by atoms with van der Waals surface area (Å²) in [6, 6.07) is 5.76. The van der Waals surface area contributed by atoms with Crippen LogP contribution >= 0.6 is 0 Å². The predicted octanol–water partition coefficient (Wildman–Crippen LogP) is 3.42. The zero-order valence-corrected chi connectivity index (χ0v) is 15.5. The quantitative estimate of drug-likeness (QED) is 0.705. The second-order valence-electron chi connectivity index (χ2n) is 6.07. The number of nitrogens with zero attached hydrogens (tertiary/aromatic N) is 3. The maximum absolute atomic E-state index is 12.3. The Balaban J connectivity index is 2.01. The summed E-state index contributed by atoms with van der Waals surface area (Å²) in [5.41, 5.74) is 2.85. The molecule has 0 unspecified atom stereocenters. The minimum Gasteiger partial charge on any atom is -0.492 e. The SMILES string of the molecule is CCCc1c(C)nc(Nc2nc(C)c3cccc(OCC)c3n2)[nH]c1=O. The number of ether oxygens (including phenoxy) is 1. The molecule has 0 aliphatic heterocycles.